The summed E-state index contributed by atoms with van der Waals surface area (Å²) >= 11 is 0. The van der Waals surface area contributed by atoms with Crippen LogP contribution in [0.1, 0.15) is 17.3 Å². The predicted octanol–water partition coefficient (Wildman–Crippen LogP) is 1.43. The van der Waals surface area contributed by atoms with E-state index in [4.69, 9.17) is 24.5 Å². The van der Waals surface area contributed by atoms with Gasteiger partial charge in [0.05, 0.1) is 14.2 Å². The first-order chi connectivity index (χ1) is 9.67. The smallest absolute Gasteiger partial charge is 0.223 e. The molecule has 108 valence electrons. The highest BCUT2D eigenvalue weighted by atomic mass is 16.5. The Bertz CT molecular complexity index is 558. The first-order valence-corrected chi connectivity index (χ1v) is 6.05. The summed E-state index contributed by atoms with van der Waals surface area (Å²) in [6.07, 6.45) is 0. The molecule has 0 fully saturated rings. The zero-order valence-electron chi connectivity index (χ0n) is 11.7. The summed E-state index contributed by atoms with van der Waals surface area (Å²) in [5.41, 5.74) is 6.52. The quantitative estimate of drug-likeness (QED) is 0.855. The highest BCUT2D eigenvalue weighted by molar-refractivity contribution is 5.53. The van der Waals surface area contributed by atoms with Gasteiger partial charge in [-0.2, -0.15) is 4.98 Å². The maximum absolute atomic E-state index is 5.67. The fourth-order valence-electron chi connectivity index (χ4n) is 1.73. The molecule has 0 atom stereocenters. The van der Waals surface area contributed by atoms with Gasteiger partial charge < -0.3 is 24.5 Å². The molecule has 7 heteroatoms. The summed E-state index contributed by atoms with van der Waals surface area (Å²) < 4.78 is 21.2. The van der Waals surface area contributed by atoms with E-state index in [1.807, 2.05) is 0 Å². The average Bonchev–Trinajstić information content (AvgIpc) is 2.89. The summed E-state index contributed by atoms with van der Waals surface area (Å²) in [5, 5.41) is 3.76. The van der Waals surface area contributed by atoms with Crippen LogP contribution in [0, 0.1) is 6.92 Å². The maximum atomic E-state index is 5.67. The van der Waals surface area contributed by atoms with Crippen molar-refractivity contribution >= 4 is 0 Å². The zero-order chi connectivity index (χ0) is 14.5. The molecule has 0 aliphatic rings. The third kappa shape index (κ3) is 3.00. The Morgan fingerprint density at radius 2 is 1.85 bits per heavy atom. The Hall–Kier alpha value is -2.28. The van der Waals surface area contributed by atoms with Gasteiger partial charge in [0.25, 0.3) is 0 Å². The molecule has 0 saturated carbocycles. The molecule has 0 amide bonds. The van der Waals surface area contributed by atoms with Gasteiger partial charge >= 0.3 is 0 Å². The van der Waals surface area contributed by atoms with Crippen molar-refractivity contribution in [2.24, 2.45) is 5.73 Å². The van der Waals surface area contributed by atoms with E-state index in [1.54, 1.807) is 33.3 Å². The fraction of sp³-hybridized carbons (Fsp3) is 0.385. The van der Waals surface area contributed by atoms with Crippen molar-refractivity contribution in [2.45, 2.75) is 20.1 Å². The molecule has 0 aliphatic heterocycles. The number of hydrogen-bond acceptors (Lipinski definition) is 7. The van der Waals surface area contributed by atoms with E-state index in [1.165, 1.54) is 0 Å². The van der Waals surface area contributed by atoms with Crippen LogP contribution in [0.3, 0.4) is 0 Å². The molecule has 0 radical (unpaired) electrons. The Morgan fingerprint density at radius 3 is 2.30 bits per heavy atom. The molecule has 7 nitrogen and oxygen atoms in total. The Morgan fingerprint density at radius 1 is 1.20 bits per heavy atom. The van der Waals surface area contributed by atoms with Crippen LogP contribution in [0.5, 0.6) is 17.2 Å². The topological polar surface area (TPSA) is 92.6 Å². The molecule has 1 aromatic carbocycles. The molecule has 1 heterocycles. The van der Waals surface area contributed by atoms with Crippen molar-refractivity contribution in [2.75, 3.05) is 14.2 Å². The van der Waals surface area contributed by atoms with Crippen LogP contribution in [-0.4, -0.2) is 24.4 Å². The van der Waals surface area contributed by atoms with Crippen LogP contribution < -0.4 is 19.9 Å². The minimum Gasteiger partial charge on any atom is -0.493 e. The highest BCUT2D eigenvalue weighted by Gasteiger charge is 2.15. The third-order valence-electron chi connectivity index (χ3n) is 2.67. The molecular formula is C13H17N3O4. The first-order valence-electron chi connectivity index (χ1n) is 6.05. The van der Waals surface area contributed by atoms with Gasteiger partial charge in [0.15, 0.2) is 18.1 Å². The molecule has 0 aliphatic carbocycles. The Balaban J connectivity index is 2.24. The molecular weight excluding hydrogens is 262 g/mol. The van der Waals surface area contributed by atoms with Gasteiger partial charge in [-0.15, -0.1) is 0 Å². The molecule has 1 aromatic heterocycles. The van der Waals surface area contributed by atoms with Gasteiger partial charge in [-0.1, -0.05) is 5.16 Å². The van der Waals surface area contributed by atoms with Gasteiger partial charge in [0, 0.05) is 13.5 Å². The summed E-state index contributed by atoms with van der Waals surface area (Å²) in [5.74, 6) is 2.51. The average molecular weight is 279 g/mol. The summed E-state index contributed by atoms with van der Waals surface area (Å²) in [6, 6.07) is 3.61. The van der Waals surface area contributed by atoms with Gasteiger partial charge in [-0.3, -0.25) is 0 Å². The van der Waals surface area contributed by atoms with Crippen molar-refractivity contribution in [3.8, 4) is 17.2 Å². The largest absolute Gasteiger partial charge is 0.493 e. The second kappa shape index (κ2) is 6.25. The van der Waals surface area contributed by atoms with E-state index in [2.05, 4.69) is 10.1 Å². The molecule has 0 saturated heterocycles. The number of ether oxygens (including phenoxy) is 3. The number of rotatable bonds is 6. The summed E-state index contributed by atoms with van der Waals surface area (Å²) in [4.78, 5) is 4.07. The van der Waals surface area contributed by atoms with Gasteiger partial charge in [0.1, 0.15) is 0 Å². The fourth-order valence-corrected chi connectivity index (χ4v) is 1.73. The lowest BCUT2D eigenvalue weighted by molar-refractivity contribution is 0.253. The monoisotopic (exact) mass is 279 g/mol. The molecule has 2 rings (SSSR count). The Kier molecular flexibility index (Phi) is 4.41. The maximum Gasteiger partial charge on any atom is 0.223 e. The van der Waals surface area contributed by atoms with E-state index in [0.717, 1.165) is 5.56 Å². The minimum absolute atomic E-state index is 0.159. The lowest BCUT2D eigenvalue weighted by Gasteiger charge is -2.14. The van der Waals surface area contributed by atoms with Crippen LogP contribution in [0.25, 0.3) is 0 Å². The van der Waals surface area contributed by atoms with Crippen LogP contribution in [0.4, 0.5) is 0 Å². The number of aromatic nitrogens is 2. The normalized spacial score (nSPS) is 10.4. The highest BCUT2D eigenvalue weighted by Crippen LogP contribution is 2.38. The molecule has 2 N–H and O–H groups in total. The second-order valence-electron chi connectivity index (χ2n) is 4.05. The number of nitrogens with zero attached hydrogens (tertiary/aromatic N) is 2. The Labute approximate surface area is 116 Å². The third-order valence-corrected chi connectivity index (χ3v) is 2.67. The van der Waals surface area contributed by atoms with Crippen LogP contribution in [-0.2, 0) is 13.2 Å². The van der Waals surface area contributed by atoms with Gasteiger partial charge in [0.2, 0.25) is 17.5 Å². The van der Waals surface area contributed by atoms with Gasteiger partial charge in [-0.25, -0.2) is 0 Å². The van der Waals surface area contributed by atoms with E-state index in [9.17, 15) is 0 Å². The van der Waals surface area contributed by atoms with E-state index < -0.39 is 0 Å². The zero-order valence-corrected chi connectivity index (χ0v) is 11.7. The van der Waals surface area contributed by atoms with Crippen molar-refractivity contribution < 1.29 is 18.7 Å². The van der Waals surface area contributed by atoms with Crippen LogP contribution >= 0.6 is 0 Å². The number of aryl methyl sites for hydroxylation is 1. The summed E-state index contributed by atoms with van der Waals surface area (Å²) in [7, 11) is 3.11. The van der Waals surface area contributed by atoms with E-state index in [0.29, 0.717) is 35.5 Å². The molecule has 0 bridgehead atoms. The number of hydrogen-bond donors (Lipinski definition) is 1. The van der Waals surface area contributed by atoms with Crippen molar-refractivity contribution in [3.05, 3.63) is 29.4 Å². The van der Waals surface area contributed by atoms with Gasteiger partial charge in [-0.05, 0) is 17.7 Å². The van der Waals surface area contributed by atoms with Crippen LogP contribution in [0.15, 0.2) is 16.7 Å². The molecule has 0 spiro atoms. The van der Waals surface area contributed by atoms with Crippen molar-refractivity contribution in [1.82, 2.24) is 10.1 Å². The van der Waals surface area contributed by atoms with E-state index >= 15 is 0 Å². The summed E-state index contributed by atoms with van der Waals surface area (Å²) in [6.45, 7) is 2.26. The predicted molar refractivity (Wildman–Crippen MR) is 70.8 cm³/mol. The van der Waals surface area contributed by atoms with Crippen molar-refractivity contribution in [1.29, 1.82) is 0 Å². The van der Waals surface area contributed by atoms with E-state index in [-0.39, 0.29) is 6.61 Å². The molecule has 20 heavy (non-hydrogen) atoms. The van der Waals surface area contributed by atoms with Crippen LogP contribution in [0.2, 0.25) is 0 Å². The lowest BCUT2D eigenvalue weighted by Crippen LogP contribution is -2.04. The number of methoxy groups -OCH3 is 2. The SMILES string of the molecule is COc1cc(CN)cc(OC)c1OCc1noc(C)n1. The van der Waals surface area contributed by atoms with Crippen molar-refractivity contribution in [3.63, 3.8) is 0 Å². The minimum atomic E-state index is 0.159. The second-order valence-corrected chi connectivity index (χ2v) is 4.05. The first kappa shape index (κ1) is 14.1. The molecule has 2 aromatic rings. The number of benzene rings is 1. The number of nitrogens with two attached hydrogens (primary N) is 1. The standard InChI is InChI=1S/C13H17N3O4/c1-8-15-12(16-20-8)7-19-13-10(17-2)4-9(6-14)5-11(13)18-3/h4-5H,6-7,14H2,1-3H3. The molecule has 0 unspecified atom stereocenters. The lowest BCUT2D eigenvalue weighted by atomic mass is 10.2.